The first-order valence-electron chi connectivity index (χ1n) is 8.71. The fourth-order valence-electron chi connectivity index (χ4n) is 3.20. The number of aliphatic hydroxyl groups excluding tert-OH is 2. The number of carbonyl (C=O) groups is 1. The zero-order valence-corrected chi connectivity index (χ0v) is 14.3. The Morgan fingerprint density at radius 2 is 1.96 bits per heavy atom. The Labute approximate surface area is 147 Å². The molecule has 2 heterocycles. The molecule has 4 atom stereocenters. The number of para-hydroxylation sites is 2. The molecule has 7 nitrogen and oxygen atoms in total. The highest BCUT2D eigenvalue weighted by molar-refractivity contribution is 5.82. The number of benzene rings is 1. The molecule has 1 aromatic rings. The molecule has 0 aromatic heterocycles. The van der Waals surface area contributed by atoms with Gasteiger partial charge in [-0.1, -0.05) is 19.1 Å². The quantitative estimate of drug-likeness (QED) is 0.800. The standard InChI is InChI=1S/C18H25NO6/c1-2-7-19(8-12-9-23-10-13(20)17(12)21)18(22)16-11-24-14-5-3-4-6-15(14)25-16/h3-6,12-13,16-17,20-21H,2,7-11H2,1H3/t12-,13-,16-,17+/m1/s1. The third-order valence-corrected chi connectivity index (χ3v) is 4.54. The lowest BCUT2D eigenvalue weighted by molar-refractivity contribution is -0.149. The van der Waals surface area contributed by atoms with Crippen molar-refractivity contribution >= 4 is 5.91 Å². The van der Waals surface area contributed by atoms with Gasteiger partial charge in [0, 0.05) is 19.0 Å². The number of ether oxygens (including phenoxy) is 3. The summed E-state index contributed by atoms with van der Waals surface area (Å²) in [6.07, 6.45) is -1.75. The van der Waals surface area contributed by atoms with Crippen LogP contribution in [0.4, 0.5) is 0 Å². The molecule has 0 spiro atoms. The van der Waals surface area contributed by atoms with E-state index in [1.165, 1.54) is 0 Å². The predicted molar refractivity (Wildman–Crippen MR) is 89.5 cm³/mol. The van der Waals surface area contributed by atoms with Crippen LogP contribution in [0.15, 0.2) is 24.3 Å². The van der Waals surface area contributed by atoms with Crippen LogP contribution < -0.4 is 9.47 Å². The molecule has 0 radical (unpaired) electrons. The minimum Gasteiger partial charge on any atom is -0.485 e. The van der Waals surface area contributed by atoms with Crippen molar-refractivity contribution < 1.29 is 29.2 Å². The number of carbonyl (C=O) groups excluding carboxylic acids is 1. The van der Waals surface area contributed by atoms with Crippen molar-refractivity contribution in [1.82, 2.24) is 4.90 Å². The SMILES string of the molecule is CCCN(C[C@@H]1COC[C@@H](O)[C@H]1O)C(=O)[C@H]1COc2ccccc2O1. The van der Waals surface area contributed by atoms with E-state index in [0.717, 1.165) is 6.42 Å². The number of rotatable bonds is 5. The van der Waals surface area contributed by atoms with Gasteiger partial charge in [-0.3, -0.25) is 4.79 Å². The van der Waals surface area contributed by atoms with Gasteiger partial charge in [0.15, 0.2) is 11.5 Å². The molecule has 0 bridgehead atoms. The van der Waals surface area contributed by atoms with E-state index in [2.05, 4.69) is 0 Å². The highest BCUT2D eigenvalue weighted by Gasteiger charge is 2.36. The van der Waals surface area contributed by atoms with Gasteiger partial charge in [-0.05, 0) is 18.6 Å². The summed E-state index contributed by atoms with van der Waals surface area (Å²) in [5.41, 5.74) is 0. The topological polar surface area (TPSA) is 88.5 Å². The van der Waals surface area contributed by atoms with Gasteiger partial charge in [-0.15, -0.1) is 0 Å². The van der Waals surface area contributed by atoms with E-state index < -0.39 is 18.3 Å². The molecule has 3 rings (SSSR count). The minimum absolute atomic E-state index is 0.121. The molecule has 2 aliphatic rings. The zero-order chi connectivity index (χ0) is 17.8. The normalized spacial score (nSPS) is 28.4. The van der Waals surface area contributed by atoms with Crippen molar-refractivity contribution in [3.8, 4) is 11.5 Å². The summed E-state index contributed by atoms with van der Waals surface area (Å²) in [5.74, 6) is 0.687. The maximum atomic E-state index is 12.9. The number of nitrogens with zero attached hydrogens (tertiary/aromatic N) is 1. The Morgan fingerprint density at radius 3 is 2.72 bits per heavy atom. The van der Waals surface area contributed by atoms with Gasteiger partial charge in [0.05, 0.1) is 19.3 Å². The molecule has 1 saturated heterocycles. The number of aliphatic hydroxyl groups is 2. The average Bonchev–Trinajstić information content (AvgIpc) is 2.64. The van der Waals surface area contributed by atoms with Crippen LogP contribution in [0, 0.1) is 5.92 Å². The molecule has 1 aromatic carbocycles. The summed E-state index contributed by atoms with van der Waals surface area (Å²) < 4.78 is 16.7. The second kappa shape index (κ2) is 8.03. The maximum Gasteiger partial charge on any atom is 0.267 e. The summed E-state index contributed by atoms with van der Waals surface area (Å²) in [6.45, 7) is 3.43. The number of hydrogen-bond acceptors (Lipinski definition) is 6. The van der Waals surface area contributed by atoms with Crippen LogP contribution in [0.5, 0.6) is 11.5 Å². The second-order valence-corrected chi connectivity index (χ2v) is 6.50. The Hall–Kier alpha value is -1.83. The predicted octanol–water partition coefficient (Wildman–Crippen LogP) is 0.433. The van der Waals surface area contributed by atoms with E-state index in [1.54, 1.807) is 17.0 Å². The first-order valence-corrected chi connectivity index (χ1v) is 8.71. The van der Waals surface area contributed by atoms with Crippen LogP contribution in [0.1, 0.15) is 13.3 Å². The number of fused-ring (bicyclic) bond motifs is 1. The van der Waals surface area contributed by atoms with Crippen LogP contribution in [-0.4, -0.2) is 72.2 Å². The molecule has 25 heavy (non-hydrogen) atoms. The van der Waals surface area contributed by atoms with Crippen molar-refractivity contribution in [3.05, 3.63) is 24.3 Å². The van der Waals surface area contributed by atoms with Gasteiger partial charge in [0.1, 0.15) is 12.7 Å². The van der Waals surface area contributed by atoms with Gasteiger partial charge >= 0.3 is 0 Å². The van der Waals surface area contributed by atoms with E-state index >= 15 is 0 Å². The zero-order valence-electron chi connectivity index (χ0n) is 14.3. The lowest BCUT2D eigenvalue weighted by atomic mass is 9.95. The van der Waals surface area contributed by atoms with Crippen LogP contribution in [-0.2, 0) is 9.53 Å². The van der Waals surface area contributed by atoms with Gasteiger partial charge in [0.25, 0.3) is 5.91 Å². The van der Waals surface area contributed by atoms with E-state index in [0.29, 0.717) is 31.2 Å². The molecule has 1 fully saturated rings. The Bertz CT molecular complexity index is 595. The smallest absolute Gasteiger partial charge is 0.267 e. The highest BCUT2D eigenvalue weighted by Crippen LogP contribution is 2.31. The molecule has 0 aliphatic carbocycles. The van der Waals surface area contributed by atoms with Gasteiger partial charge in [-0.25, -0.2) is 0 Å². The van der Waals surface area contributed by atoms with Gasteiger partial charge < -0.3 is 29.3 Å². The van der Waals surface area contributed by atoms with Crippen LogP contribution in [0.3, 0.4) is 0 Å². The van der Waals surface area contributed by atoms with E-state index in [4.69, 9.17) is 14.2 Å². The molecular formula is C18H25NO6. The minimum atomic E-state index is -0.918. The molecule has 1 amide bonds. The number of hydrogen-bond donors (Lipinski definition) is 2. The Morgan fingerprint density at radius 1 is 1.20 bits per heavy atom. The lowest BCUT2D eigenvalue weighted by Gasteiger charge is -2.37. The molecule has 7 heteroatoms. The van der Waals surface area contributed by atoms with Crippen molar-refractivity contribution in [1.29, 1.82) is 0 Å². The molecule has 138 valence electrons. The first kappa shape index (κ1) is 18.0. The van der Waals surface area contributed by atoms with Crippen molar-refractivity contribution in [3.63, 3.8) is 0 Å². The Balaban J connectivity index is 1.67. The monoisotopic (exact) mass is 351 g/mol. The summed E-state index contributed by atoms with van der Waals surface area (Å²) >= 11 is 0. The van der Waals surface area contributed by atoms with E-state index in [9.17, 15) is 15.0 Å². The largest absolute Gasteiger partial charge is 0.485 e. The maximum absolute atomic E-state index is 12.9. The number of amides is 1. The third kappa shape index (κ3) is 4.05. The van der Waals surface area contributed by atoms with E-state index in [1.807, 2.05) is 19.1 Å². The summed E-state index contributed by atoms with van der Waals surface area (Å²) in [6, 6.07) is 7.25. The Kier molecular flexibility index (Phi) is 5.78. The van der Waals surface area contributed by atoms with E-state index in [-0.39, 0.29) is 25.0 Å². The molecule has 0 saturated carbocycles. The molecule has 0 unspecified atom stereocenters. The van der Waals surface area contributed by atoms with Crippen LogP contribution in [0.2, 0.25) is 0 Å². The molecule has 2 N–H and O–H groups in total. The molecular weight excluding hydrogens is 326 g/mol. The van der Waals surface area contributed by atoms with Gasteiger partial charge in [0.2, 0.25) is 6.10 Å². The van der Waals surface area contributed by atoms with Gasteiger partial charge in [-0.2, -0.15) is 0 Å². The highest BCUT2D eigenvalue weighted by atomic mass is 16.6. The van der Waals surface area contributed by atoms with Crippen molar-refractivity contribution in [2.75, 3.05) is 32.9 Å². The first-order chi connectivity index (χ1) is 12.1. The fourth-order valence-corrected chi connectivity index (χ4v) is 3.20. The van der Waals surface area contributed by atoms with Crippen LogP contribution >= 0.6 is 0 Å². The molecule has 2 aliphatic heterocycles. The summed E-state index contributed by atoms with van der Waals surface area (Å²) in [7, 11) is 0. The van der Waals surface area contributed by atoms with Crippen molar-refractivity contribution in [2.45, 2.75) is 31.7 Å². The van der Waals surface area contributed by atoms with Crippen LogP contribution in [0.25, 0.3) is 0 Å². The summed E-state index contributed by atoms with van der Waals surface area (Å²) in [4.78, 5) is 14.6. The summed E-state index contributed by atoms with van der Waals surface area (Å²) in [5, 5.41) is 19.9. The average molecular weight is 351 g/mol. The third-order valence-electron chi connectivity index (χ3n) is 4.54. The van der Waals surface area contributed by atoms with Crippen molar-refractivity contribution in [2.24, 2.45) is 5.92 Å². The lowest BCUT2D eigenvalue weighted by Crippen LogP contribution is -2.53. The fraction of sp³-hybridized carbons (Fsp3) is 0.611. The second-order valence-electron chi connectivity index (χ2n) is 6.50.